The molecule has 6 heteroatoms. The van der Waals surface area contributed by atoms with Gasteiger partial charge in [-0.2, -0.15) is 0 Å². The number of hydrogen-bond donors (Lipinski definition) is 2. The van der Waals surface area contributed by atoms with Gasteiger partial charge in [-0.05, 0) is 37.6 Å². The van der Waals surface area contributed by atoms with Crippen molar-refractivity contribution in [2.45, 2.75) is 26.9 Å². The molecule has 1 aromatic carbocycles. The van der Waals surface area contributed by atoms with Crippen molar-refractivity contribution in [1.82, 2.24) is 15.3 Å². The molecule has 3 aromatic rings. The number of aromatic nitrogens is 2. The summed E-state index contributed by atoms with van der Waals surface area (Å²) in [5.41, 5.74) is 3.39. The number of rotatable bonds is 6. The van der Waals surface area contributed by atoms with E-state index in [1.807, 2.05) is 6.92 Å². The number of hydrogen-bond acceptors (Lipinski definition) is 5. The second-order valence-corrected chi connectivity index (χ2v) is 5.82. The Labute approximate surface area is 146 Å². The van der Waals surface area contributed by atoms with Crippen LogP contribution in [0.3, 0.4) is 0 Å². The van der Waals surface area contributed by atoms with Crippen molar-refractivity contribution in [1.29, 1.82) is 0 Å². The van der Waals surface area contributed by atoms with E-state index in [1.165, 1.54) is 5.56 Å². The van der Waals surface area contributed by atoms with Crippen LogP contribution in [0.5, 0.6) is 0 Å². The van der Waals surface area contributed by atoms with E-state index in [9.17, 15) is 4.79 Å². The molecule has 25 heavy (non-hydrogen) atoms. The van der Waals surface area contributed by atoms with Crippen LogP contribution in [-0.2, 0) is 13.1 Å². The minimum atomic E-state index is -0.264. The first kappa shape index (κ1) is 16.7. The van der Waals surface area contributed by atoms with E-state index in [2.05, 4.69) is 51.8 Å². The molecule has 2 heterocycles. The molecule has 0 aliphatic rings. The maximum atomic E-state index is 12.3. The van der Waals surface area contributed by atoms with Crippen LogP contribution in [0.4, 0.5) is 5.95 Å². The fourth-order valence-corrected chi connectivity index (χ4v) is 2.32. The Morgan fingerprint density at radius 3 is 2.60 bits per heavy atom. The highest BCUT2D eigenvalue weighted by molar-refractivity contribution is 5.92. The molecule has 0 unspecified atom stereocenters. The first-order valence-electron chi connectivity index (χ1n) is 8.06. The Hall–Kier alpha value is -3.15. The van der Waals surface area contributed by atoms with Gasteiger partial charge in [0.1, 0.15) is 11.5 Å². The van der Waals surface area contributed by atoms with Crippen LogP contribution in [-0.4, -0.2) is 15.9 Å². The van der Waals surface area contributed by atoms with Gasteiger partial charge in [0, 0.05) is 12.2 Å². The molecule has 0 radical (unpaired) electrons. The molecule has 128 valence electrons. The molecular weight excluding hydrogens is 316 g/mol. The zero-order valence-electron chi connectivity index (χ0n) is 14.2. The lowest BCUT2D eigenvalue weighted by Gasteiger charge is -2.09. The highest BCUT2D eigenvalue weighted by atomic mass is 16.3. The molecular formula is C19H20N4O2. The summed E-state index contributed by atoms with van der Waals surface area (Å²) in [6, 6.07) is 13.5. The van der Waals surface area contributed by atoms with E-state index in [-0.39, 0.29) is 5.91 Å². The zero-order chi connectivity index (χ0) is 17.6. The second-order valence-electron chi connectivity index (χ2n) is 5.82. The van der Waals surface area contributed by atoms with Crippen LogP contribution in [0.15, 0.2) is 53.1 Å². The number of nitrogens with one attached hydrogen (secondary N) is 2. The highest BCUT2D eigenvalue weighted by Crippen LogP contribution is 2.09. The van der Waals surface area contributed by atoms with Crippen molar-refractivity contribution in [2.75, 3.05) is 5.32 Å². The van der Waals surface area contributed by atoms with E-state index in [1.54, 1.807) is 24.5 Å². The van der Waals surface area contributed by atoms with Gasteiger partial charge in [-0.3, -0.25) is 4.79 Å². The molecule has 0 saturated carbocycles. The third-order valence-electron chi connectivity index (χ3n) is 3.66. The van der Waals surface area contributed by atoms with Gasteiger partial charge in [0.05, 0.1) is 12.8 Å². The van der Waals surface area contributed by atoms with Crippen LogP contribution in [0.25, 0.3) is 0 Å². The minimum Gasteiger partial charge on any atom is -0.467 e. The third kappa shape index (κ3) is 4.67. The van der Waals surface area contributed by atoms with E-state index in [0.29, 0.717) is 30.5 Å². The number of carbonyl (C=O) groups excluding carboxylic acids is 1. The Morgan fingerprint density at radius 2 is 1.88 bits per heavy atom. The van der Waals surface area contributed by atoms with Crippen LogP contribution >= 0.6 is 0 Å². The second kappa shape index (κ2) is 7.61. The lowest BCUT2D eigenvalue weighted by molar-refractivity contribution is 0.0943. The van der Waals surface area contributed by atoms with Gasteiger partial charge in [-0.25, -0.2) is 9.97 Å². The number of benzene rings is 1. The van der Waals surface area contributed by atoms with Crippen molar-refractivity contribution in [3.8, 4) is 0 Å². The number of amides is 1. The van der Waals surface area contributed by atoms with Crippen LogP contribution < -0.4 is 10.6 Å². The van der Waals surface area contributed by atoms with Gasteiger partial charge in [0.25, 0.3) is 5.91 Å². The molecule has 6 nitrogen and oxygen atoms in total. The fraction of sp³-hybridized carbons (Fsp3) is 0.211. The van der Waals surface area contributed by atoms with Crippen molar-refractivity contribution >= 4 is 11.9 Å². The summed E-state index contributed by atoms with van der Waals surface area (Å²) >= 11 is 0. The van der Waals surface area contributed by atoms with E-state index in [0.717, 1.165) is 11.3 Å². The monoisotopic (exact) mass is 336 g/mol. The Kier molecular flexibility index (Phi) is 5.09. The van der Waals surface area contributed by atoms with Gasteiger partial charge >= 0.3 is 0 Å². The summed E-state index contributed by atoms with van der Waals surface area (Å²) in [6.45, 7) is 4.80. The number of carbonyl (C=O) groups is 1. The SMILES string of the molecule is Cc1ccc(CNc2nc(C)cc(C(=O)NCc3ccco3)n2)cc1. The predicted molar refractivity (Wildman–Crippen MR) is 95.2 cm³/mol. The van der Waals surface area contributed by atoms with E-state index < -0.39 is 0 Å². The quantitative estimate of drug-likeness (QED) is 0.722. The maximum absolute atomic E-state index is 12.3. The maximum Gasteiger partial charge on any atom is 0.270 e. The van der Waals surface area contributed by atoms with Crippen molar-refractivity contribution in [3.05, 3.63) is 77.0 Å². The van der Waals surface area contributed by atoms with Crippen molar-refractivity contribution in [3.63, 3.8) is 0 Å². The van der Waals surface area contributed by atoms with Crippen molar-refractivity contribution in [2.24, 2.45) is 0 Å². The summed E-state index contributed by atoms with van der Waals surface area (Å²) in [5, 5.41) is 5.95. The number of furan rings is 1. The Balaban J connectivity index is 1.64. The Bertz CT molecular complexity index is 842. The molecule has 2 N–H and O–H groups in total. The van der Waals surface area contributed by atoms with Crippen LogP contribution in [0, 0.1) is 13.8 Å². The molecule has 1 amide bonds. The predicted octanol–water partition coefficient (Wildman–Crippen LogP) is 3.23. The van der Waals surface area contributed by atoms with Gasteiger partial charge in [-0.1, -0.05) is 29.8 Å². The summed E-state index contributed by atoms with van der Waals surface area (Å²) in [4.78, 5) is 20.9. The van der Waals surface area contributed by atoms with E-state index >= 15 is 0 Å². The number of aryl methyl sites for hydroxylation is 2. The molecule has 0 aliphatic carbocycles. The van der Waals surface area contributed by atoms with Crippen LogP contribution in [0.2, 0.25) is 0 Å². The van der Waals surface area contributed by atoms with Gasteiger partial charge in [-0.15, -0.1) is 0 Å². The average molecular weight is 336 g/mol. The normalized spacial score (nSPS) is 10.5. The lowest BCUT2D eigenvalue weighted by atomic mass is 10.1. The van der Waals surface area contributed by atoms with Crippen LogP contribution in [0.1, 0.15) is 33.1 Å². The molecule has 2 aromatic heterocycles. The molecule has 0 spiro atoms. The lowest BCUT2D eigenvalue weighted by Crippen LogP contribution is -2.24. The molecule has 0 fully saturated rings. The molecule has 0 saturated heterocycles. The first-order valence-corrected chi connectivity index (χ1v) is 8.06. The van der Waals surface area contributed by atoms with E-state index in [4.69, 9.17) is 4.42 Å². The number of nitrogens with zero attached hydrogens (tertiary/aromatic N) is 2. The van der Waals surface area contributed by atoms with Crippen molar-refractivity contribution < 1.29 is 9.21 Å². The zero-order valence-corrected chi connectivity index (χ0v) is 14.2. The molecule has 0 aliphatic heterocycles. The molecule has 0 atom stereocenters. The minimum absolute atomic E-state index is 0.264. The average Bonchev–Trinajstić information content (AvgIpc) is 3.12. The molecule has 3 rings (SSSR count). The molecule has 0 bridgehead atoms. The summed E-state index contributed by atoms with van der Waals surface area (Å²) < 4.78 is 5.20. The Morgan fingerprint density at radius 1 is 1.08 bits per heavy atom. The number of anilines is 1. The first-order chi connectivity index (χ1) is 12.1. The smallest absolute Gasteiger partial charge is 0.270 e. The third-order valence-corrected chi connectivity index (χ3v) is 3.66. The summed E-state index contributed by atoms with van der Waals surface area (Å²) in [7, 11) is 0. The summed E-state index contributed by atoms with van der Waals surface area (Å²) in [5.74, 6) is 0.862. The van der Waals surface area contributed by atoms with Gasteiger partial charge in [0.2, 0.25) is 5.95 Å². The van der Waals surface area contributed by atoms with Gasteiger partial charge in [0.15, 0.2) is 0 Å². The summed E-state index contributed by atoms with van der Waals surface area (Å²) in [6.07, 6.45) is 1.57. The fourth-order valence-electron chi connectivity index (χ4n) is 2.32. The largest absolute Gasteiger partial charge is 0.467 e. The topological polar surface area (TPSA) is 80.0 Å². The van der Waals surface area contributed by atoms with Gasteiger partial charge < -0.3 is 15.1 Å². The standard InChI is InChI=1S/C19H20N4O2/c1-13-5-7-15(8-6-13)11-21-19-22-14(2)10-17(23-19)18(24)20-12-16-4-3-9-25-16/h3-10H,11-12H2,1-2H3,(H,20,24)(H,21,22,23). The highest BCUT2D eigenvalue weighted by Gasteiger charge is 2.11.